The minimum absolute atomic E-state index is 0.122. The van der Waals surface area contributed by atoms with E-state index in [-0.39, 0.29) is 12.7 Å². The summed E-state index contributed by atoms with van der Waals surface area (Å²) in [5.41, 5.74) is 7.45. The van der Waals surface area contributed by atoms with Crippen LogP contribution in [-0.4, -0.2) is 41.8 Å². The van der Waals surface area contributed by atoms with Crippen LogP contribution in [0.25, 0.3) is 0 Å². The maximum Gasteiger partial charge on any atom is 0.261 e. The summed E-state index contributed by atoms with van der Waals surface area (Å²) >= 11 is 0. The number of nitrogens with two attached hydrogens (primary N) is 1. The summed E-state index contributed by atoms with van der Waals surface area (Å²) < 4.78 is 10.6. The summed E-state index contributed by atoms with van der Waals surface area (Å²) in [6.07, 6.45) is 4.49. The van der Waals surface area contributed by atoms with Crippen molar-refractivity contribution in [1.82, 2.24) is 10.8 Å². The minimum atomic E-state index is -1.23. The molecule has 1 aromatic rings. The number of fused-ring (bicyclic) bond motifs is 1. The van der Waals surface area contributed by atoms with Gasteiger partial charge in [-0.05, 0) is 29.9 Å². The number of anilines is 1. The fourth-order valence-corrected chi connectivity index (χ4v) is 4.39. The first-order chi connectivity index (χ1) is 15.6. The van der Waals surface area contributed by atoms with Gasteiger partial charge in [-0.25, -0.2) is 5.48 Å². The first kappa shape index (κ1) is 24.8. The predicted octanol–water partition coefficient (Wildman–Crippen LogP) is 1.91. The van der Waals surface area contributed by atoms with Crippen LogP contribution in [0.15, 0.2) is 18.2 Å². The molecule has 3 rings (SSSR count). The van der Waals surface area contributed by atoms with Crippen molar-refractivity contribution in [2.24, 2.45) is 23.0 Å². The van der Waals surface area contributed by atoms with Gasteiger partial charge >= 0.3 is 0 Å². The molecule has 2 aliphatic rings. The lowest BCUT2D eigenvalue weighted by atomic mass is 9.83. The Morgan fingerprint density at radius 2 is 1.76 bits per heavy atom. The van der Waals surface area contributed by atoms with E-state index in [9.17, 15) is 14.4 Å². The summed E-state index contributed by atoms with van der Waals surface area (Å²) in [4.78, 5) is 38.5. The van der Waals surface area contributed by atoms with Crippen LogP contribution in [0, 0.1) is 17.3 Å². The Hall–Kier alpha value is -2.85. The van der Waals surface area contributed by atoms with Crippen LogP contribution in [0.2, 0.25) is 0 Å². The maximum atomic E-state index is 13.3. The van der Waals surface area contributed by atoms with Crippen LogP contribution < -0.4 is 31.3 Å². The number of ether oxygens (including phenoxy) is 2. The highest BCUT2D eigenvalue weighted by Gasteiger charge is 2.39. The molecule has 33 heavy (non-hydrogen) atoms. The number of carbonyl (C=O) groups is 3. The molecule has 1 saturated carbocycles. The lowest BCUT2D eigenvalue weighted by Crippen LogP contribution is -2.57. The summed E-state index contributed by atoms with van der Waals surface area (Å²) in [6.45, 7) is 5.63. The van der Waals surface area contributed by atoms with E-state index < -0.39 is 41.1 Å². The zero-order valence-electron chi connectivity index (χ0n) is 19.3. The van der Waals surface area contributed by atoms with Crippen LogP contribution >= 0.6 is 0 Å². The maximum absolute atomic E-state index is 13.3. The average molecular weight is 463 g/mol. The summed E-state index contributed by atoms with van der Waals surface area (Å²) in [6, 6.07) is 2.93. The molecule has 1 aromatic carbocycles. The lowest BCUT2D eigenvalue weighted by Gasteiger charge is -2.33. The second-order valence-electron chi connectivity index (χ2n) is 9.86. The highest BCUT2D eigenvalue weighted by molar-refractivity contribution is 5.99. The molecule has 6 N–H and O–H groups in total. The van der Waals surface area contributed by atoms with Gasteiger partial charge in [-0.15, -0.1) is 0 Å². The van der Waals surface area contributed by atoms with Gasteiger partial charge in [0.1, 0.15) is 6.04 Å². The Bertz CT molecular complexity index is 878. The zero-order chi connectivity index (χ0) is 24.2. The normalized spacial score (nSPS) is 18.3. The largest absolute Gasteiger partial charge is 0.454 e. The molecule has 0 spiro atoms. The topological polar surface area (TPSA) is 152 Å². The smallest absolute Gasteiger partial charge is 0.261 e. The van der Waals surface area contributed by atoms with Gasteiger partial charge in [0.25, 0.3) is 5.91 Å². The van der Waals surface area contributed by atoms with E-state index in [0.29, 0.717) is 23.6 Å². The van der Waals surface area contributed by atoms with E-state index in [0.717, 1.165) is 25.7 Å². The van der Waals surface area contributed by atoms with Crippen molar-refractivity contribution < 1.29 is 29.1 Å². The van der Waals surface area contributed by atoms with E-state index in [2.05, 4.69) is 10.6 Å². The zero-order valence-corrected chi connectivity index (χ0v) is 19.3. The summed E-state index contributed by atoms with van der Waals surface area (Å²) in [5, 5.41) is 14.7. The van der Waals surface area contributed by atoms with Crippen molar-refractivity contribution in [1.29, 1.82) is 0 Å². The molecule has 0 bridgehead atoms. The average Bonchev–Trinajstić information content (AvgIpc) is 3.45. The van der Waals surface area contributed by atoms with Crippen molar-refractivity contribution in [3.63, 3.8) is 0 Å². The first-order valence-corrected chi connectivity index (χ1v) is 11.3. The van der Waals surface area contributed by atoms with E-state index in [4.69, 9.17) is 20.4 Å². The Labute approximate surface area is 193 Å². The first-order valence-electron chi connectivity index (χ1n) is 11.3. The number of nitrogens with one attached hydrogen (secondary N) is 3. The highest BCUT2D eigenvalue weighted by atomic mass is 16.7. The van der Waals surface area contributed by atoms with Gasteiger partial charge in [-0.3, -0.25) is 19.6 Å². The quantitative estimate of drug-likeness (QED) is 0.292. The van der Waals surface area contributed by atoms with Gasteiger partial charge in [-0.2, -0.15) is 0 Å². The van der Waals surface area contributed by atoms with Crippen molar-refractivity contribution in [3.8, 4) is 11.5 Å². The fraction of sp³-hybridized carbons (Fsp3) is 0.609. The molecule has 1 aliphatic carbocycles. The van der Waals surface area contributed by atoms with Crippen molar-refractivity contribution >= 4 is 23.4 Å². The fourth-order valence-electron chi connectivity index (χ4n) is 4.39. The molecule has 3 amide bonds. The van der Waals surface area contributed by atoms with Crippen LogP contribution in [0.3, 0.4) is 0 Å². The predicted molar refractivity (Wildman–Crippen MR) is 121 cm³/mol. The monoisotopic (exact) mass is 462 g/mol. The molecule has 1 heterocycles. The Morgan fingerprint density at radius 1 is 1.09 bits per heavy atom. The number of hydrogen-bond acceptors (Lipinski definition) is 7. The number of carbonyl (C=O) groups excluding carboxylic acids is 3. The number of hydrogen-bond donors (Lipinski definition) is 5. The molecular formula is C23H34N4O6. The molecular weight excluding hydrogens is 428 g/mol. The van der Waals surface area contributed by atoms with Crippen LogP contribution in [0.1, 0.15) is 52.9 Å². The third-order valence-corrected chi connectivity index (χ3v) is 6.30. The van der Waals surface area contributed by atoms with E-state index in [1.165, 1.54) is 5.48 Å². The molecule has 0 radical (unpaired) electrons. The molecule has 0 aromatic heterocycles. The molecule has 10 heteroatoms. The second kappa shape index (κ2) is 10.4. The molecule has 10 nitrogen and oxygen atoms in total. The van der Waals surface area contributed by atoms with Crippen LogP contribution in [0.4, 0.5) is 5.69 Å². The molecule has 3 atom stereocenters. The van der Waals surface area contributed by atoms with Crippen LogP contribution in [-0.2, 0) is 14.4 Å². The number of rotatable bonds is 8. The van der Waals surface area contributed by atoms with Crippen LogP contribution in [0.5, 0.6) is 11.5 Å². The standard InChI is InChI=1S/C23H34N4O6/c1-23(2,3)19(22(30)25-14-8-9-16-17(11-14)33-12-32-16)26-20(28)15(18(24)21(29)27-31)10-13-6-4-5-7-13/h8-9,11,13,15,18-19,31H,4-7,10,12,24H2,1-3H3,(H,25,30)(H,26,28)(H,27,29)/t15-,18-,19+/m0/s1. The lowest BCUT2D eigenvalue weighted by molar-refractivity contribution is -0.138. The number of amides is 3. The molecule has 1 fully saturated rings. The van der Waals surface area contributed by atoms with Gasteiger partial charge in [0.2, 0.25) is 18.6 Å². The third-order valence-electron chi connectivity index (χ3n) is 6.30. The van der Waals surface area contributed by atoms with Gasteiger partial charge in [0.05, 0.1) is 12.0 Å². The Balaban J connectivity index is 1.75. The van der Waals surface area contributed by atoms with Gasteiger partial charge in [0, 0.05) is 11.8 Å². The Kier molecular flexibility index (Phi) is 7.80. The van der Waals surface area contributed by atoms with Crippen molar-refractivity contribution in [2.45, 2.75) is 65.0 Å². The number of benzene rings is 1. The van der Waals surface area contributed by atoms with Crippen molar-refractivity contribution in [2.75, 3.05) is 12.1 Å². The summed E-state index contributed by atoms with van der Waals surface area (Å²) in [5.74, 6) is -1.20. The SMILES string of the molecule is CC(C)(C)[C@H](NC(=O)[C@@H](CC1CCCC1)[C@H](N)C(=O)NO)C(=O)Nc1ccc2c(c1)OCO2. The van der Waals surface area contributed by atoms with Crippen molar-refractivity contribution in [3.05, 3.63) is 18.2 Å². The van der Waals surface area contributed by atoms with Gasteiger partial charge in [-0.1, -0.05) is 46.5 Å². The summed E-state index contributed by atoms with van der Waals surface area (Å²) in [7, 11) is 0. The highest BCUT2D eigenvalue weighted by Crippen LogP contribution is 2.35. The molecule has 182 valence electrons. The van der Waals surface area contributed by atoms with E-state index >= 15 is 0 Å². The molecule has 0 saturated heterocycles. The van der Waals surface area contributed by atoms with Gasteiger partial charge in [0.15, 0.2) is 11.5 Å². The van der Waals surface area contributed by atoms with E-state index in [1.54, 1.807) is 18.2 Å². The van der Waals surface area contributed by atoms with Gasteiger partial charge < -0.3 is 25.8 Å². The second-order valence-corrected chi connectivity index (χ2v) is 9.86. The molecule has 1 aliphatic heterocycles. The Morgan fingerprint density at radius 3 is 2.39 bits per heavy atom. The minimum Gasteiger partial charge on any atom is -0.454 e. The molecule has 0 unspecified atom stereocenters. The number of hydroxylamine groups is 1. The third kappa shape index (κ3) is 6.14. The van der Waals surface area contributed by atoms with E-state index in [1.807, 2.05) is 20.8 Å².